The summed E-state index contributed by atoms with van der Waals surface area (Å²) in [6.45, 7) is 17.8. The lowest BCUT2D eigenvalue weighted by molar-refractivity contribution is -0.129. The topological polar surface area (TPSA) is 289 Å². The molecule has 0 aromatic carbocycles. The lowest BCUT2D eigenvalue weighted by Gasteiger charge is -2.18. The zero-order valence-electron chi connectivity index (χ0n) is 45.6. The average molecular weight is 1040 g/mol. The highest BCUT2D eigenvalue weighted by molar-refractivity contribution is 5.89. The number of nitrogens with one attached hydrogen (secondary N) is 7. The number of Topliss-reactive ketones (excluding diaryl/α,β-unsaturated/α-hetero) is 5. The number of hydrogen-bond donors (Lipinski definition) is 7. The summed E-state index contributed by atoms with van der Waals surface area (Å²) in [5, 5.41) is 19.2. The molecule has 7 amide bonds. The van der Waals surface area contributed by atoms with E-state index in [1.807, 2.05) is 34.6 Å². The predicted octanol–water partition coefficient (Wildman–Crippen LogP) is 6.29. The van der Waals surface area contributed by atoms with E-state index in [9.17, 15) is 57.5 Å². The normalized spacial score (nSPS) is 11.4. The summed E-state index contributed by atoms with van der Waals surface area (Å²) in [6, 6.07) is -1.77. The standard InChI is InChI=1S/C19H34N2O4.C17H31N3O4.C17H30N2O4.CH4/c1-4-15(22)11-8-7-9-13-17(21-18(24)6-3)19(25)20-14-10-12-16(23)5-2;1-4-13(21)9-7-12-19-17(24)14(20-16(23)6-3)10-8-11-18-15(22)5-2;1-4-13(20)9-7-11-15(19-16(22)6-3)17(23)18-12-8-10-14(21)5-2;/h17H,4-14H2,1-3H3,(H,20,25)(H,21,24);14H,4-12H2,1-3H3,(H,18,22)(H,19,24)(H,20,23);15H,4-12H2,1-3H3,(H,18,23)(H,19,22);1H4. The van der Waals surface area contributed by atoms with Crippen LogP contribution in [-0.4, -0.2) is 115 Å². The Morgan fingerprint density at radius 1 is 0.274 bits per heavy atom. The van der Waals surface area contributed by atoms with Gasteiger partial charge >= 0.3 is 0 Å². The van der Waals surface area contributed by atoms with Crippen molar-refractivity contribution in [1.29, 1.82) is 0 Å². The highest BCUT2D eigenvalue weighted by atomic mass is 16.2. The van der Waals surface area contributed by atoms with Gasteiger partial charge in [0, 0.05) is 116 Å². The van der Waals surface area contributed by atoms with Crippen LogP contribution in [0.3, 0.4) is 0 Å². The molecule has 0 aliphatic rings. The molecule has 0 saturated heterocycles. The van der Waals surface area contributed by atoms with Crippen molar-refractivity contribution in [1.82, 2.24) is 37.2 Å². The maximum absolute atomic E-state index is 12.3. The van der Waals surface area contributed by atoms with Crippen molar-refractivity contribution in [3.63, 3.8) is 0 Å². The van der Waals surface area contributed by atoms with Crippen LogP contribution < -0.4 is 37.2 Å². The minimum atomic E-state index is -0.617. The summed E-state index contributed by atoms with van der Waals surface area (Å²) in [6.07, 6.45) is 13.2. The van der Waals surface area contributed by atoms with Gasteiger partial charge in [0.2, 0.25) is 41.4 Å². The molecule has 0 aliphatic heterocycles. The lowest BCUT2D eigenvalue weighted by atomic mass is 10.0. The summed E-state index contributed by atoms with van der Waals surface area (Å²) in [5.74, 6) is -0.304. The van der Waals surface area contributed by atoms with Crippen LogP contribution in [0.1, 0.15) is 230 Å². The number of rotatable bonds is 41. The molecule has 0 aliphatic carbocycles. The number of amides is 7. The molecule has 3 unspecified atom stereocenters. The fourth-order valence-electron chi connectivity index (χ4n) is 6.45. The second-order valence-corrected chi connectivity index (χ2v) is 17.4. The molecule has 7 N–H and O–H groups in total. The zero-order chi connectivity index (χ0) is 55.1. The smallest absolute Gasteiger partial charge is 0.242 e. The van der Waals surface area contributed by atoms with Crippen LogP contribution in [0, 0.1) is 0 Å². The Morgan fingerprint density at radius 2 is 0.534 bits per heavy atom. The van der Waals surface area contributed by atoms with Crippen LogP contribution in [-0.2, 0) is 57.5 Å². The fourth-order valence-corrected chi connectivity index (χ4v) is 6.45. The molecule has 0 heterocycles. The average Bonchev–Trinajstić information content (AvgIpc) is 3.39. The Balaban J connectivity index is -0.000000486. The molecule has 422 valence electrons. The molecule has 0 fully saturated rings. The first-order valence-electron chi connectivity index (χ1n) is 26.9. The van der Waals surface area contributed by atoms with Crippen molar-refractivity contribution in [3.05, 3.63) is 0 Å². The van der Waals surface area contributed by atoms with E-state index in [1.54, 1.807) is 27.7 Å². The maximum Gasteiger partial charge on any atom is 0.242 e. The van der Waals surface area contributed by atoms with E-state index < -0.39 is 18.1 Å². The first-order valence-corrected chi connectivity index (χ1v) is 26.9. The third-order valence-corrected chi connectivity index (χ3v) is 11.4. The predicted molar refractivity (Wildman–Crippen MR) is 286 cm³/mol. The van der Waals surface area contributed by atoms with Gasteiger partial charge < -0.3 is 37.2 Å². The highest BCUT2D eigenvalue weighted by Crippen LogP contribution is 2.09. The van der Waals surface area contributed by atoms with Crippen LogP contribution in [0.5, 0.6) is 0 Å². The van der Waals surface area contributed by atoms with Gasteiger partial charge in [0.05, 0.1) is 0 Å². The van der Waals surface area contributed by atoms with Crippen molar-refractivity contribution in [2.45, 2.75) is 248 Å². The summed E-state index contributed by atoms with van der Waals surface area (Å²) in [5.41, 5.74) is 0. The van der Waals surface area contributed by atoms with Gasteiger partial charge in [0.15, 0.2) is 0 Å². The van der Waals surface area contributed by atoms with Gasteiger partial charge in [-0.3, -0.25) is 57.5 Å². The van der Waals surface area contributed by atoms with Crippen LogP contribution in [0.4, 0.5) is 0 Å². The number of carbonyl (C=O) groups is 12. The zero-order valence-corrected chi connectivity index (χ0v) is 45.6. The summed E-state index contributed by atoms with van der Waals surface area (Å²) in [7, 11) is 0. The maximum atomic E-state index is 12.3. The minimum absolute atomic E-state index is 0. The highest BCUT2D eigenvalue weighted by Gasteiger charge is 2.22. The number of unbranched alkanes of at least 4 members (excludes halogenated alkanes) is 2. The number of ketones is 5. The van der Waals surface area contributed by atoms with Gasteiger partial charge in [-0.1, -0.05) is 82.6 Å². The van der Waals surface area contributed by atoms with E-state index in [-0.39, 0.29) is 77.7 Å². The van der Waals surface area contributed by atoms with Crippen LogP contribution in [0.25, 0.3) is 0 Å². The van der Waals surface area contributed by atoms with E-state index >= 15 is 0 Å². The molecule has 3 atom stereocenters. The van der Waals surface area contributed by atoms with Crippen LogP contribution in [0.15, 0.2) is 0 Å². The molecule has 0 aromatic heterocycles. The fraction of sp³-hybridized carbons (Fsp3) is 0.778. The molecule has 0 aromatic rings. The summed E-state index contributed by atoms with van der Waals surface area (Å²) in [4.78, 5) is 139. The molecule has 0 bridgehead atoms. The molecular formula is C54H99N7O12. The molecule has 19 nitrogen and oxygen atoms in total. The van der Waals surface area contributed by atoms with Gasteiger partial charge in [0.25, 0.3) is 0 Å². The van der Waals surface area contributed by atoms with Crippen molar-refractivity contribution in [2.75, 3.05) is 26.2 Å². The van der Waals surface area contributed by atoms with Crippen LogP contribution in [0.2, 0.25) is 0 Å². The third kappa shape index (κ3) is 45.0. The monoisotopic (exact) mass is 1040 g/mol. The van der Waals surface area contributed by atoms with E-state index in [0.717, 1.165) is 19.3 Å². The largest absolute Gasteiger partial charge is 0.356 e. The van der Waals surface area contributed by atoms with Gasteiger partial charge in [0.1, 0.15) is 47.0 Å². The van der Waals surface area contributed by atoms with Crippen molar-refractivity contribution < 1.29 is 57.5 Å². The Hall–Kier alpha value is -5.36. The Labute approximate surface area is 438 Å². The second kappa shape index (κ2) is 50.2. The van der Waals surface area contributed by atoms with Crippen molar-refractivity contribution in [3.8, 4) is 0 Å². The SMILES string of the molecule is C.CCC(=O)CCCCCC(NC(=O)CC)C(=O)NCCCC(=O)CC.CCC(=O)CCCNC(=O)C(CCCC(=O)CC)NC(=O)CC.CCC(=O)CCCNC(=O)C(CCCNC(=O)CC)NC(=O)CC. The van der Waals surface area contributed by atoms with Crippen molar-refractivity contribution >= 4 is 70.3 Å². The quantitative estimate of drug-likeness (QED) is 0.0333. The number of carbonyl (C=O) groups excluding carboxylic acids is 12. The van der Waals surface area contributed by atoms with E-state index in [4.69, 9.17) is 0 Å². The Bertz CT molecular complexity index is 1640. The van der Waals surface area contributed by atoms with Gasteiger partial charge in [-0.05, 0) is 57.8 Å². The molecule has 19 heteroatoms. The summed E-state index contributed by atoms with van der Waals surface area (Å²) >= 11 is 0. The van der Waals surface area contributed by atoms with Crippen LogP contribution >= 0.6 is 0 Å². The Morgan fingerprint density at radius 3 is 0.836 bits per heavy atom. The first kappa shape index (κ1) is 74.2. The number of hydrogen-bond acceptors (Lipinski definition) is 12. The molecular weight excluding hydrogens is 939 g/mol. The minimum Gasteiger partial charge on any atom is -0.356 e. The molecule has 73 heavy (non-hydrogen) atoms. The first-order chi connectivity index (χ1) is 34.3. The Kier molecular flexibility index (Phi) is 51.0. The van der Waals surface area contributed by atoms with Gasteiger partial charge in [-0.15, -0.1) is 0 Å². The van der Waals surface area contributed by atoms with E-state index in [0.29, 0.717) is 167 Å². The molecule has 0 spiro atoms. The summed E-state index contributed by atoms with van der Waals surface area (Å²) < 4.78 is 0. The van der Waals surface area contributed by atoms with Gasteiger partial charge in [-0.2, -0.15) is 0 Å². The van der Waals surface area contributed by atoms with E-state index in [2.05, 4.69) is 37.2 Å². The molecule has 0 saturated carbocycles. The van der Waals surface area contributed by atoms with E-state index in [1.165, 1.54) is 0 Å². The second-order valence-electron chi connectivity index (χ2n) is 17.4. The third-order valence-electron chi connectivity index (χ3n) is 11.4. The molecule has 0 rings (SSSR count). The molecule has 0 radical (unpaired) electrons. The lowest BCUT2D eigenvalue weighted by Crippen LogP contribution is -2.47. The van der Waals surface area contributed by atoms with Gasteiger partial charge in [-0.25, -0.2) is 0 Å². The van der Waals surface area contributed by atoms with Crippen molar-refractivity contribution in [2.24, 2.45) is 0 Å².